The second kappa shape index (κ2) is 11.4. The largest absolute Gasteiger partial charge is 0.494 e. The maximum Gasteiger partial charge on any atom is 0.294 e. The van der Waals surface area contributed by atoms with Crippen molar-refractivity contribution in [3.63, 3.8) is 0 Å². The molecule has 38 heavy (non-hydrogen) atoms. The first-order valence-corrected chi connectivity index (χ1v) is 12.0. The average molecular weight is 523 g/mol. The summed E-state index contributed by atoms with van der Waals surface area (Å²) in [6.45, 7) is 5.93. The van der Waals surface area contributed by atoms with Crippen molar-refractivity contribution in [1.29, 1.82) is 0 Å². The van der Waals surface area contributed by atoms with Crippen LogP contribution in [0.1, 0.15) is 54.3 Å². The van der Waals surface area contributed by atoms with Crippen molar-refractivity contribution in [2.75, 3.05) is 11.9 Å². The van der Waals surface area contributed by atoms with Crippen LogP contribution in [0.15, 0.2) is 48.8 Å². The van der Waals surface area contributed by atoms with Gasteiger partial charge in [0.2, 0.25) is 5.82 Å². The molecule has 0 spiro atoms. The number of carbonyl (C=O) groups excluding carboxylic acids is 1. The monoisotopic (exact) mass is 522 g/mol. The molecule has 0 aliphatic carbocycles. The second-order valence-electron chi connectivity index (χ2n) is 9.52. The maximum absolute atomic E-state index is 13.9. The van der Waals surface area contributed by atoms with Crippen molar-refractivity contribution in [3.8, 4) is 17.0 Å². The van der Waals surface area contributed by atoms with Gasteiger partial charge in [0, 0.05) is 24.1 Å². The van der Waals surface area contributed by atoms with Gasteiger partial charge >= 0.3 is 0 Å². The Labute approximate surface area is 218 Å². The summed E-state index contributed by atoms with van der Waals surface area (Å²) in [5, 5.41) is 20.2. The molecule has 0 radical (unpaired) electrons. The van der Waals surface area contributed by atoms with Gasteiger partial charge in [0.1, 0.15) is 35.4 Å². The molecule has 2 heterocycles. The first-order chi connectivity index (χ1) is 18.1. The van der Waals surface area contributed by atoms with E-state index in [0.29, 0.717) is 30.9 Å². The molecule has 3 N–H and O–H groups in total. The Morgan fingerprint density at radius 1 is 1.11 bits per heavy atom. The Kier molecular flexibility index (Phi) is 8.06. The quantitative estimate of drug-likeness (QED) is 0.260. The smallest absolute Gasteiger partial charge is 0.294 e. The summed E-state index contributed by atoms with van der Waals surface area (Å²) < 4.78 is 32.9. The molecule has 0 saturated heterocycles. The van der Waals surface area contributed by atoms with Gasteiger partial charge in [-0.05, 0) is 62.9 Å². The van der Waals surface area contributed by atoms with Crippen LogP contribution >= 0.6 is 0 Å². The number of halogens is 2. The van der Waals surface area contributed by atoms with Crippen LogP contribution in [0.5, 0.6) is 5.75 Å². The van der Waals surface area contributed by atoms with E-state index in [4.69, 9.17) is 4.74 Å². The first-order valence-electron chi connectivity index (χ1n) is 12.0. The lowest BCUT2D eigenvalue weighted by Crippen LogP contribution is -2.19. The van der Waals surface area contributed by atoms with Crippen LogP contribution in [0, 0.1) is 18.6 Å². The molecule has 0 bridgehead atoms. The maximum atomic E-state index is 13.9. The second-order valence-corrected chi connectivity index (χ2v) is 9.52. The number of rotatable bonds is 10. The fraction of sp³-hybridized carbons (Fsp3) is 0.296. The van der Waals surface area contributed by atoms with Crippen molar-refractivity contribution >= 4 is 11.7 Å². The van der Waals surface area contributed by atoms with Crippen LogP contribution in [0.25, 0.3) is 11.3 Å². The van der Waals surface area contributed by atoms with Gasteiger partial charge in [-0.2, -0.15) is 0 Å². The van der Waals surface area contributed by atoms with E-state index >= 15 is 0 Å². The highest BCUT2D eigenvalue weighted by Crippen LogP contribution is 2.27. The lowest BCUT2D eigenvalue weighted by atomic mass is 10.0. The van der Waals surface area contributed by atoms with E-state index in [-0.39, 0.29) is 29.5 Å². The van der Waals surface area contributed by atoms with Gasteiger partial charge in [0.05, 0.1) is 17.9 Å². The third-order valence-electron chi connectivity index (χ3n) is 5.72. The summed E-state index contributed by atoms with van der Waals surface area (Å²) in [6, 6.07) is 10.5. The van der Waals surface area contributed by atoms with Gasteiger partial charge in [-0.25, -0.2) is 18.7 Å². The number of H-pyrrole nitrogens is 1. The van der Waals surface area contributed by atoms with Gasteiger partial charge in [-0.3, -0.25) is 4.79 Å². The molecule has 0 aliphatic rings. The third-order valence-corrected chi connectivity index (χ3v) is 5.72. The van der Waals surface area contributed by atoms with E-state index in [1.165, 1.54) is 12.4 Å². The molecule has 0 fully saturated rings. The normalized spacial score (nSPS) is 11.4. The Balaban J connectivity index is 1.42. The number of aromatic amines is 1. The number of carbonyl (C=O) groups is 1. The highest BCUT2D eigenvalue weighted by molar-refractivity contribution is 6.01. The number of nitrogens with one attached hydrogen (secondary N) is 2. The van der Waals surface area contributed by atoms with Crippen LogP contribution in [0.4, 0.5) is 14.6 Å². The minimum absolute atomic E-state index is 0.0134. The molecule has 0 atom stereocenters. The van der Waals surface area contributed by atoms with Gasteiger partial charge in [-0.15, -0.1) is 10.2 Å². The van der Waals surface area contributed by atoms with Gasteiger partial charge in [0.15, 0.2) is 0 Å². The number of aromatic nitrogens is 5. The number of aliphatic hydroxyl groups is 1. The van der Waals surface area contributed by atoms with Crippen LogP contribution in [-0.2, 0) is 6.42 Å². The molecule has 4 rings (SSSR count). The van der Waals surface area contributed by atoms with Gasteiger partial charge in [0.25, 0.3) is 5.91 Å². The third kappa shape index (κ3) is 7.16. The predicted octanol–water partition coefficient (Wildman–Crippen LogP) is 4.62. The fourth-order valence-corrected chi connectivity index (χ4v) is 3.73. The number of hydrogen-bond donors (Lipinski definition) is 3. The number of nitrogens with zero attached hydrogens (tertiary/aromatic N) is 4. The molecule has 9 nitrogen and oxygen atoms in total. The van der Waals surface area contributed by atoms with E-state index in [0.717, 1.165) is 23.3 Å². The fourth-order valence-electron chi connectivity index (χ4n) is 3.73. The number of anilines is 1. The highest BCUT2D eigenvalue weighted by atomic mass is 19.1. The lowest BCUT2D eigenvalue weighted by molar-refractivity contribution is 0.0641. The number of benzene rings is 2. The molecule has 0 aliphatic heterocycles. The summed E-state index contributed by atoms with van der Waals surface area (Å²) in [5.74, 6) is -0.895. The molecule has 2 aromatic heterocycles. The van der Waals surface area contributed by atoms with Crippen LogP contribution in [0.3, 0.4) is 0 Å². The van der Waals surface area contributed by atoms with E-state index in [2.05, 4.69) is 30.5 Å². The number of hydrogen-bond acceptors (Lipinski definition) is 7. The summed E-state index contributed by atoms with van der Waals surface area (Å²) in [7, 11) is 0. The van der Waals surface area contributed by atoms with Gasteiger partial charge in [-0.1, -0.05) is 12.1 Å². The van der Waals surface area contributed by atoms with E-state index in [1.807, 2.05) is 25.1 Å². The molecular formula is C27H28F2N6O3. The zero-order valence-corrected chi connectivity index (χ0v) is 21.3. The SMILES string of the molecule is Cc1ccc(OCCCC(C)(C)O)cc1-c1cc(NC(=O)c2nnc(Cc3ccc(F)cc3F)[nH]2)ncn1. The van der Waals surface area contributed by atoms with Crippen LogP contribution in [0.2, 0.25) is 0 Å². The summed E-state index contributed by atoms with van der Waals surface area (Å²) in [5.41, 5.74) is 1.83. The molecule has 198 valence electrons. The predicted molar refractivity (Wildman–Crippen MR) is 137 cm³/mol. The lowest BCUT2D eigenvalue weighted by Gasteiger charge is -2.17. The minimum atomic E-state index is -0.739. The summed E-state index contributed by atoms with van der Waals surface area (Å²) in [6.07, 6.45) is 2.68. The molecule has 1 amide bonds. The standard InChI is InChI=1S/C27H28F2N6O3/c1-16-5-8-19(38-10-4-9-27(2,3)37)13-20(16)22-14-23(31-15-30-22)33-26(36)25-32-24(34-35-25)11-17-6-7-18(28)12-21(17)29/h5-8,12-15,37H,4,9-11H2,1-3H3,(H,32,34,35)(H,30,31,33,36). The minimum Gasteiger partial charge on any atom is -0.494 e. The topological polar surface area (TPSA) is 126 Å². The molecule has 11 heteroatoms. The van der Waals surface area contributed by atoms with Crippen molar-refractivity contribution in [2.24, 2.45) is 0 Å². The molecule has 2 aromatic carbocycles. The number of aryl methyl sites for hydroxylation is 1. The zero-order valence-electron chi connectivity index (χ0n) is 21.3. The number of ether oxygens (including phenoxy) is 1. The van der Waals surface area contributed by atoms with E-state index in [1.54, 1.807) is 19.9 Å². The highest BCUT2D eigenvalue weighted by Gasteiger charge is 2.16. The summed E-state index contributed by atoms with van der Waals surface area (Å²) in [4.78, 5) is 23.9. The number of amides is 1. The Bertz CT molecular complexity index is 1430. The van der Waals surface area contributed by atoms with Crippen molar-refractivity contribution in [3.05, 3.63) is 83.2 Å². The molecule has 0 saturated carbocycles. The Morgan fingerprint density at radius 2 is 1.92 bits per heavy atom. The van der Waals surface area contributed by atoms with Crippen molar-refractivity contribution < 1.29 is 23.4 Å². The van der Waals surface area contributed by atoms with Crippen molar-refractivity contribution in [2.45, 2.75) is 45.6 Å². The van der Waals surface area contributed by atoms with Crippen molar-refractivity contribution in [1.82, 2.24) is 25.1 Å². The van der Waals surface area contributed by atoms with Crippen LogP contribution < -0.4 is 10.1 Å². The Morgan fingerprint density at radius 3 is 2.68 bits per heavy atom. The average Bonchev–Trinajstić information content (AvgIpc) is 3.33. The zero-order chi connectivity index (χ0) is 27.3. The molecular weight excluding hydrogens is 494 g/mol. The first kappa shape index (κ1) is 26.8. The van der Waals surface area contributed by atoms with E-state index < -0.39 is 23.1 Å². The summed E-state index contributed by atoms with van der Waals surface area (Å²) >= 11 is 0. The van der Waals surface area contributed by atoms with Gasteiger partial charge < -0.3 is 20.1 Å². The van der Waals surface area contributed by atoms with Crippen LogP contribution in [-0.4, -0.2) is 48.4 Å². The molecule has 4 aromatic rings. The Hall–Kier alpha value is -4.25. The van der Waals surface area contributed by atoms with E-state index in [9.17, 15) is 18.7 Å². The molecule has 0 unspecified atom stereocenters.